The fourth-order valence-corrected chi connectivity index (χ4v) is 3.04. The van der Waals surface area contributed by atoms with Gasteiger partial charge >= 0.3 is 0 Å². The average Bonchev–Trinajstić information content (AvgIpc) is 2.49. The summed E-state index contributed by atoms with van der Waals surface area (Å²) in [7, 11) is -2.59. The maximum absolute atomic E-state index is 13.6. The lowest BCUT2D eigenvalue weighted by atomic mass is 10.2. The van der Waals surface area contributed by atoms with Crippen LogP contribution in [0.1, 0.15) is 11.3 Å². The predicted octanol–water partition coefficient (Wildman–Crippen LogP) is 1.91. The molecule has 0 unspecified atom stereocenters. The van der Waals surface area contributed by atoms with E-state index in [0.717, 1.165) is 4.31 Å². The van der Waals surface area contributed by atoms with Crippen LogP contribution in [0.2, 0.25) is 0 Å². The molecule has 0 amide bonds. The molecular formula is C14H12FN3O2S. The van der Waals surface area contributed by atoms with Crippen molar-refractivity contribution < 1.29 is 12.8 Å². The molecule has 0 bridgehead atoms. The van der Waals surface area contributed by atoms with Crippen LogP contribution in [-0.4, -0.2) is 24.8 Å². The van der Waals surface area contributed by atoms with Gasteiger partial charge in [0.05, 0.1) is 0 Å². The van der Waals surface area contributed by atoms with E-state index in [0.29, 0.717) is 0 Å². The van der Waals surface area contributed by atoms with Crippen molar-refractivity contribution >= 4 is 10.0 Å². The number of halogens is 1. The van der Waals surface area contributed by atoms with Crippen LogP contribution in [0.5, 0.6) is 0 Å². The first-order chi connectivity index (χ1) is 9.96. The zero-order valence-corrected chi connectivity index (χ0v) is 12.0. The molecule has 0 fully saturated rings. The Morgan fingerprint density at radius 2 is 2.00 bits per heavy atom. The highest BCUT2D eigenvalue weighted by Crippen LogP contribution is 2.19. The van der Waals surface area contributed by atoms with Crippen LogP contribution in [0.3, 0.4) is 0 Å². The molecule has 0 saturated heterocycles. The second kappa shape index (κ2) is 5.99. The molecule has 5 nitrogen and oxygen atoms in total. The minimum atomic E-state index is -3.92. The average molecular weight is 305 g/mol. The predicted molar refractivity (Wildman–Crippen MR) is 74.0 cm³/mol. The van der Waals surface area contributed by atoms with Crippen LogP contribution in [-0.2, 0) is 16.6 Å². The Hall–Kier alpha value is -2.30. The standard InChI is InChI=1S/C14H12FN3O2S/c1-18(10-11-5-2-3-6-12(11)15)21(19,20)14-7-4-8-17-13(14)9-16/h2-8H,10H2,1H3. The summed E-state index contributed by atoms with van der Waals surface area (Å²) in [6, 6.07) is 10.4. The monoisotopic (exact) mass is 305 g/mol. The number of aromatic nitrogens is 1. The molecule has 2 rings (SSSR count). The van der Waals surface area contributed by atoms with Gasteiger partial charge in [0.1, 0.15) is 16.8 Å². The van der Waals surface area contributed by atoms with Gasteiger partial charge in [-0.2, -0.15) is 9.57 Å². The van der Waals surface area contributed by atoms with Crippen molar-refractivity contribution in [3.8, 4) is 6.07 Å². The van der Waals surface area contributed by atoms with Crippen molar-refractivity contribution in [2.75, 3.05) is 7.05 Å². The van der Waals surface area contributed by atoms with E-state index >= 15 is 0 Å². The molecule has 0 radical (unpaired) electrons. The first-order valence-electron chi connectivity index (χ1n) is 6.01. The molecular weight excluding hydrogens is 293 g/mol. The van der Waals surface area contributed by atoms with E-state index < -0.39 is 15.8 Å². The van der Waals surface area contributed by atoms with Crippen LogP contribution in [0.25, 0.3) is 0 Å². The van der Waals surface area contributed by atoms with Crippen molar-refractivity contribution in [2.24, 2.45) is 0 Å². The van der Waals surface area contributed by atoms with E-state index in [1.807, 2.05) is 0 Å². The summed E-state index contributed by atoms with van der Waals surface area (Å²) in [6.07, 6.45) is 1.34. The Bertz CT molecular complexity index is 800. The summed E-state index contributed by atoms with van der Waals surface area (Å²) in [5.74, 6) is -0.480. The molecule has 0 aliphatic carbocycles. The third kappa shape index (κ3) is 3.07. The third-order valence-electron chi connectivity index (χ3n) is 2.92. The number of rotatable bonds is 4. The molecule has 0 spiro atoms. The number of nitrogens with zero attached hydrogens (tertiary/aromatic N) is 3. The maximum atomic E-state index is 13.6. The normalized spacial score (nSPS) is 11.3. The Kier molecular flexibility index (Phi) is 4.31. The summed E-state index contributed by atoms with van der Waals surface area (Å²) in [6.45, 7) is -0.130. The highest BCUT2D eigenvalue weighted by molar-refractivity contribution is 7.89. The summed E-state index contributed by atoms with van der Waals surface area (Å²) in [4.78, 5) is 3.54. The molecule has 1 aromatic carbocycles. The molecule has 0 atom stereocenters. The Morgan fingerprint density at radius 1 is 1.29 bits per heavy atom. The lowest BCUT2D eigenvalue weighted by Crippen LogP contribution is -2.27. The number of pyridine rings is 1. The number of benzene rings is 1. The highest BCUT2D eigenvalue weighted by atomic mass is 32.2. The van der Waals surface area contributed by atoms with Gasteiger partial charge < -0.3 is 0 Å². The zero-order valence-electron chi connectivity index (χ0n) is 11.2. The van der Waals surface area contributed by atoms with Gasteiger partial charge in [-0.1, -0.05) is 18.2 Å². The van der Waals surface area contributed by atoms with E-state index in [1.165, 1.54) is 43.6 Å². The summed E-state index contributed by atoms with van der Waals surface area (Å²) >= 11 is 0. The van der Waals surface area contributed by atoms with Crippen molar-refractivity contribution in [2.45, 2.75) is 11.4 Å². The minimum Gasteiger partial charge on any atom is -0.244 e. The van der Waals surface area contributed by atoms with E-state index in [-0.39, 0.29) is 22.7 Å². The Balaban J connectivity index is 2.36. The van der Waals surface area contributed by atoms with Crippen molar-refractivity contribution in [1.29, 1.82) is 5.26 Å². The van der Waals surface area contributed by atoms with Crippen LogP contribution in [0, 0.1) is 17.1 Å². The van der Waals surface area contributed by atoms with Gasteiger partial charge in [0.15, 0.2) is 5.69 Å². The molecule has 21 heavy (non-hydrogen) atoms. The fraction of sp³-hybridized carbons (Fsp3) is 0.143. The van der Waals surface area contributed by atoms with E-state index in [4.69, 9.17) is 5.26 Å². The van der Waals surface area contributed by atoms with Crippen molar-refractivity contribution in [3.05, 3.63) is 59.7 Å². The topological polar surface area (TPSA) is 74.1 Å². The quantitative estimate of drug-likeness (QED) is 0.865. The van der Waals surface area contributed by atoms with Gasteiger partial charge in [-0.15, -0.1) is 0 Å². The molecule has 108 valence electrons. The number of hydrogen-bond donors (Lipinski definition) is 0. The molecule has 7 heteroatoms. The second-order valence-corrected chi connectivity index (χ2v) is 6.33. The van der Waals surface area contributed by atoms with Crippen molar-refractivity contribution in [1.82, 2.24) is 9.29 Å². The Morgan fingerprint density at radius 3 is 2.67 bits per heavy atom. The van der Waals surface area contributed by atoms with Gasteiger partial charge in [0, 0.05) is 25.4 Å². The number of nitriles is 1. The van der Waals surface area contributed by atoms with Gasteiger partial charge in [0.25, 0.3) is 0 Å². The second-order valence-electron chi connectivity index (χ2n) is 4.31. The fourth-order valence-electron chi connectivity index (χ4n) is 1.80. The Labute approximate surface area is 122 Å². The third-order valence-corrected chi connectivity index (χ3v) is 4.75. The summed E-state index contributed by atoms with van der Waals surface area (Å²) < 4.78 is 39.5. The smallest absolute Gasteiger partial charge is 0.244 e. The molecule has 0 aliphatic heterocycles. The van der Waals surface area contributed by atoms with Crippen LogP contribution >= 0.6 is 0 Å². The lowest BCUT2D eigenvalue weighted by molar-refractivity contribution is 0.456. The van der Waals surface area contributed by atoms with Gasteiger partial charge in [0.2, 0.25) is 10.0 Å². The largest absolute Gasteiger partial charge is 0.246 e. The molecule has 2 aromatic rings. The van der Waals surface area contributed by atoms with Gasteiger partial charge in [-0.3, -0.25) is 0 Å². The van der Waals surface area contributed by atoms with Crippen molar-refractivity contribution in [3.63, 3.8) is 0 Å². The number of hydrogen-bond acceptors (Lipinski definition) is 4. The maximum Gasteiger partial charge on any atom is 0.246 e. The minimum absolute atomic E-state index is 0.130. The van der Waals surface area contributed by atoms with E-state index in [2.05, 4.69) is 4.98 Å². The molecule has 1 heterocycles. The zero-order chi connectivity index (χ0) is 15.5. The van der Waals surface area contributed by atoms with E-state index in [1.54, 1.807) is 12.1 Å². The lowest BCUT2D eigenvalue weighted by Gasteiger charge is -2.17. The van der Waals surface area contributed by atoms with Crippen LogP contribution in [0.4, 0.5) is 4.39 Å². The summed E-state index contributed by atoms with van der Waals surface area (Å²) in [5, 5.41) is 8.94. The van der Waals surface area contributed by atoms with E-state index in [9.17, 15) is 12.8 Å². The van der Waals surface area contributed by atoms with Gasteiger partial charge in [-0.25, -0.2) is 17.8 Å². The first-order valence-corrected chi connectivity index (χ1v) is 7.45. The van der Waals surface area contributed by atoms with Gasteiger partial charge in [-0.05, 0) is 18.2 Å². The van der Waals surface area contributed by atoms with Crippen LogP contribution in [0.15, 0.2) is 47.5 Å². The molecule has 0 saturated carbocycles. The first kappa shape index (κ1) is 15.1. The number of sulfonamides is 1. The molecule has 0 N–H and O–H groups in total. The van der Waals surface area contributed by atoms with Crippen LogP contribution < -0.4 is 0 Å². The molecule has 1 aromatic heterocycles. The SMILES string of the molecule is CN(Cc1ccccc1F)S(=O)(=O)c1cccnc1C#N. The molecule has 0 aliphatic rings. The highest BCUT2D eigenvalue weighted by Gasteiger charge is 2.25. The summed E-state index contributed by atoms with van der Waals surface area (Å²) in [5.41, 5.74) is 0.0730.